The molecule has 0 radical (unpaired) electrons. The van der Waals surface area contributed by atoms with Gasteiger partial charge in [0, 0.05) is 40.8 Å². The van der Waals surface area contributed by atoms with Gasteiger partial charge in [-0.15, -0.1) is 0 Å². The monoisotopic (exact) mass is 539 g/mol. The van der Waals surface area contributed by atoms with E-state index in [4.69, 9.17) is 4.98 Å². The minimum atomic E-state index is 0.576. The van der Waals surface area contributed by atoms with E-state index in [0.717, 1.165) is 50.2 Å². The number of hydrogen-bond acceptors (Lipinski definition) is 5. The Morgan fingerprint density at radius 3 is 1.86 bits per heavy atom. The van der Waals surface area contributed by atoms with E-state index in [1.807, 2.05) is 42.6 Å². The summed E-state index contributed by atoms with van der Waals surface area (Å²) in [5.74, 6) is 1.19. The summed E-state index contributed by atoms with van der Waals surface area (Å²) in [6.45, 7) is 0. The quantitative estimate of drug-likeness (QED) is 0.212. The molecule has 5 heteroatoms. The molecule has 7 aromatic rings. The van der Waals surface area contributed by atoms with E-state index in [1.54, 1.807) is 18.7 Å². The minimum Gasteiger partial charge on any atom is -0.263 e. The van der Waals surface area contributed by atoms with E-state index < -0.39 is 0 Å². The molecule has 42 heavy (non-hydrogen) atoms. The smallest absolute Gasteiger partial charge is 0.164 e. The van der Waals surface area contributed by atoms with Crippen LogP contribution in [-0.4, -0.2) is 24.9 Å². The summed E-state index contributed by atoms with van der Waals surface area (Å²) in [7, 11) is 0. The van der Waals surface area contributed by atoms with E-state index in [2.05, 4.69) is 111 Å². The number of nitrogens with zero attached hydrogens (tertiary/aromatic N) is 5. The van der Waals surface area contributed by atoms with E-state index >= 15 is 0 Å². The molecule has 5 nitrogen and oxygen atoms in total. The van der Waals surface area contributed by atoms with Crippen LogP contribution < -0.4 is 0 Å². The summed E-state index contributed by atoms with van der Waals surface area (Å²) in [5.41, 5.74) is 10.3. The van der Waals surface area contributed by atoms with Gasteiger partial charge in [0.25, 0.3) is 0 Å². The third-order valence-corrected chi connectivity index (χ3v) is 7.20. The number of rotatable bonds is 6. The molecule has 0 aliphatic rings. The predicted octanol–water partition coefficient (Wildman–Crippen LogP) is 8.66. The van der Waals surface area contributed by atoms with E-state index in [0.29, 0.717) is 11.6 Å². The maximum Gasteiger partial charge on any atom is 0.164 e. The topological polar surface area (TPSA) is 64.5 Å². The average molecular weight is 540 g/mol. The number of benzene rings is 4. The van der Waals surface area contributed by atoms with Gasteiger partial charge in [-0.25, -0.2) is 15.0 Å². The van der Waals surface area contributed by atoms with Gasteiger partial charge in [-0.3, -0.25) is 9.97 Å². The van der Waals surface area contributed by atoms with E-state index in [1.165, 1.54) is 5.56 Å². The molecule has 0 aliphatic carbocycles. The van der Waals surface area contributed by atoms with E-state index in [-0.39, 0.29) is 0 Å². The zero-order valence-electron chi connectivity index (χ0n) is 22.7. The highest BCUT2D eigenvalue weighted by atomic mass is 15.0. The molecule has 0 fully saturated rings. The van der Waals surface area contributed by atoms with Crippen LogP contribution in [0, 0.1) is 0 Å². The first-order valence-corrected chi connectivity index (χ1v) is 13.7. The molecule has 4 aromatic carbocycles. The molecular formula is C37H25N5. The Morgan fingerprint density at radius 1 is 0.381 bits per heavy atom. The summed E-state index contributed by atoms with van der Waals surface area (Å²) in [4.78, 5) is 22.9. The molecule has 3 aromatic heterocycles. The largest absolute Gasteiger partial charge is 0.263 e. The number of aromatic nitrogens is 5. The maximum atomic E-state index is 4.90. The SMILES string of the molecule is c1ccc(-c2cccc(-c3ccccc3-c3ncnc(-c4cncc(-c5ccc(-c6ccccn6)cc5)c4)n3)c2)cc1. The zero-order chi connectivity index (χ0) is 28.1. The van der Waals surface area contributed by atoms with Crippen molar-refractivity contribution in [2.45, 2.75) is 0 Å². The van der Waals surface area contributed by atoms with Crippen LogP contribution in [0.15, 0.2) is 152 Å². The summed E-state index contributed by atoms with van der Waals surface area (Å²) < 4.78 is 0. The Bertz CT molecular complexity index is 1970. The van der Waals surface area contributed by atoms with Gasteiger partial charge in [0.2, 0.25) is 0 Å². The summed E-state index contributed by atoms with van der Waals surface area (Å²) >= 11 is 0. The van der Waals surface area contributed by atoms with Crippen molar-refractivity contribution >= 4 is 0 Å². The molecule has 0 saturated carbocycles. The van der Waals surface area contributed by atoms with Crippen LogP contribution in [-0.2, 0) is 0 Å². The lowest BCUT2D eigenvalue weighted by Crippen LogP contribution is -1.97. The van der Waals surface area contributed by atoms with Gasteiger partial charge >= 0.3 is 0 Å². The molecular weight excluding hydrogens is 514 g/mol. The minimum absolute atomic E-state index is 0.576. The van der Waals surface area contributed by atoms with Gasteiger partial charge in [0.1, 0.15) is 6.33 Å². The first-order chi connectivity index (χ1) is 20.8. The second-order valence-electron chi connectivity index (χ2n) is 9.88. The fourth-order valence-corrected chi connectivity index (χ4v) is 5.08. The fraction of sp³-hybridized carbons (Fsp3) is 0. The Balaban J connectivity index is 1.21. The molecule has 3 heterocycles. The van der Waals surface area contributed by atoms with Gasteiger partial charge < -0.3 is 0 Å². The lowest BCUT2D eigenvalue weighted by Gasteiger charge is -2.11. The van der Waals surface area contributed by atoms with Gasteiger partial charge in [-0.05, 0) is 52.1 Å². The molecule has 0 atom stereocenters. The van der Waals surface area contributed by atoms with Crippen molar-refractivity contribution in [1.29, 1.82) is 0 Å². The fourth-order valence-electron chi connectivity index (χ4n) is 5.08. The molecule has 0 unspecified atom stereocenters. The highest BCUT2D eigenvalue weighted by Crippen LogP contribution is 2.33. The second-order valence-corrected chi connectivity index (χ2v) is 9.88. The maximum absolute atomic E-state index is 4.90. The van der Waals surface area contributed by atoms with Crippen molar-refractivity contribution in [3.63, 3.8) is 0 Å². The molecule has 0 amide bonds. The Hall–Kier alpha value is -5.81. The Morgan fingerprint density at radius 2 is 1.02 bits per heavy atom. The lowest BCUT2D eigenvalue weighted by atomic mass is 9.95. The van der Waals surface area contributed by atoms with E-state index in [9.17, 15) is 0 Å². The molecule has 0 aliphatic heterocycles. The zero-order valence-corrected chi connectivity index (χ0v) is 22.7. The standard InChI is InChI=1S/C37H25N5/c1-2-9-26(10-3-1)29-11-8-12-30(21-29)33-13-4-5-14-34(33)37-41-25-40-36(42-37)32-22-31(23-38-24-32)27-16-18-28(19-17-27)35-15-6-7-20-39-35/h1-25H. The van der Waals surface area contributed by atoms with Crippen LogP contribution in [0.2, 0.25) is 0 Å². The molecule has 198 valence electrons. The normalized spacial score (nSPS) is 10.9. The molecule has 0 spiro atoms. The number of hydrogen-bond donors (Lipinski definition) is 0. The van der Waals surface area contributed by atoms with Crippen LogP contribution in [0.1, 0.15) is 0 Å². The van der Waals surface area contributed by atoms with Crippen LogP contribution in [0.4, 0.5) is 0 Å². The predicted molar refractivity (Wildman–Crippen MR) is 168 cm³/mol. The molecule has 7 rings (SSSR count). The highest BCUT2D eigenvalue weighted by molar-refractivity contribution is 5.83. The summed E-state index contributed by atoms with van der Waals surface area (Å²) in [5, 5.41) is 0. The number of pyridine rings is 2. The van der Waals surface area contributed by atoms with Gasteiger partial charge in [0.05, 0.1) is 5.69 Å². The van der Waals surface area contributed by atoms with Crippen LogP contribution in [0.25, 0.3) is 67.4 Å². The molecule has 0 N–H and O–H groups in total. The van der Waals surface area contributed by atoms with Crippen molar-refractivity contribution in [2.24, 2.45) is 0 Å². The third-order valence-electron chi connectivity index (χ3n) is 7.20. The van der Waals surface area contributed by atoms with Crippen LogP contribution in [0.3, 0.4) is 0 Å². The van der Waals surface area contributed by atoms with Crippen molar-refractivity contribution in [3.8, 4) is 67.4 Å². The lowest BCUT2D eigenvalue weighted by molar-refractivity contribution is 1.06. The summed E-state index contributed by atoms with van der Waals surface area (Å²) in [6.07, 6.45) is 7.03. The third kappa shape index (κ3) is 5.19. The van der Waals surface area contributed by atoms with Crippen molar-refractivity contribution in [2.75, 3.05) is 0 Å². The Kier molecular flexibility index (Phi) is 6.81. The molecule has 0 bridgehead atoms. The van der Waals surface area contributed by atoms with Crippen LogP contribution in [0.5, 0.6) is 0 Å². The van der Waals surface area contributed by atoms with Crippen molar-refractivity contribution in [3.05, 3.63) is 152 Å². The van der Waals surface area contributed by atoms with Gasteiger partial charge in [-0.2, -0.15) is 0 Å². The van der Waals surface area contributed by atoms with Crippen LogP contribution >= 0.6 is 0 Å². The second kappa shape index (κ2) is 11.4. The van der Waals surface area contributed by atoms with Gasteiger partial charge in [0.15, 0.2) is 11.6 Å². The van der Waals surface area contributed by atoms with Gasteiger partial charge in [-0.1, -0.05) is 103 Å². The first-order valence-electron chi connectivity index (χ1n) is 13.7. The van der Waals surface area contributed by atoms with Crippen molar-refractivity contribution < 1.29 is 0 Å². The highest BCUT2D eigenvalue weighted by Gasteiger charge is 2.13. The summed E-state index contributed by atoms with van der Waals surface area (Å²) in [6, 6.07) is 43.5. The molecule has 0 saturated heterocycles. The van der Waals surface area contributed by atoms with Crippen molar-refractivity contribution in [1.82, 2.24) is 24.9 Å². The first kappa shape index (κ1) is 25.2. The average Bonchev–Trinajstić information content (AvgIpc) is 3.09. The Labute approximate surface area is 244 Å².